The first-order valence-electron chi connectivity index (χ1n) is 7.20. The fourth-order valence-electron chi connectivity index (χ4n) is 2.81. The monoisotopic (exact) mass is 247 g/mol. The fourth-order valence-corrected chi connectivity index (χ4v) is 2.81. The summed E-state index contributed by atoms with van der Waals surface area (Å²) in [7, 11) is 0. The number of piperidine rings is 1. The van der Waals surface area contributed by atoms with Crippen LogP contribution in [0.25, 0.3) is 0 Å². The van der Waals surface area contributed by atoms with Gasteiger partial charge in [0.25, 0.3) is 0 Å². The zero-order valence-corrected chi connectivity index (χ0v) is 11.6. The lowest BCUT2D eigenvalue weighted by Crippen LogP contribution is -2.40. The first kappa shape index (κ1) is 13.3. The van der Waals surface area contributed by atoms with Crippen LogP contribution < -0.4 is 10.6 Å². The van der Waals surface area contributed by atoms with Gasteiger partial charge in [0.05, 0.1) is 0 Å². The van der Waals surface area contributed by atoms with E-state index in [0.717, 1.165) is 12.4 Å². The molecule has 100 valence electrons. The summed E-state index contributed by atoms with van der Waals surface area (Å²) < 4.78 is 0. The minimum atomic E-state index is 0.0844. The first-order valence-corrected chi connectivity index (χ1v) is 7.20. The molecule has 0 aliphatic carbocycles. The summed E-state index contributed by atoms with van der Waals surface area (Å²) in [5.74, 6) is 1.11. The maximum atomic E-state index is 5.96. The minimum absolute atomic E-state index is 0.0844. The summed E-state index contributed by atoms with van der Waals surface area (Å²) in [4.78, 5) is 7.03. The van der Waals surface area contributed by atoms with E-state index in [-0.39, 0.29) is 6.04 Å². The van der Waals surface area contributed by atoms with Crippen LogP contribution >= 0.6 is 0 Å². The second kappa shape index (κ2) is 6.19. The Morgan fingerprint density at radius 3 is 3.06 bits per heavy atom. The third-order valence-electron chi connectivity index (χ3n) is 3.84. The third-order valence-corrected chi connectivity index (χ3v) is 3.84. The standard InChI is InChI=1S/C15H25N3/c1-3-6-14-7-4-5-10-18(14)15-11-13(12(2)16)8-9-17-15/h8-9,11-12,14H,3-7,10,16H2,1-2H3/t12-,14?/m0/s1. The SMILES string of the molecule is CCCC1CCCCN1c1cc([C@H](C)N)ccn1. The highest BCUT2D eigenvalue weighted by molar-refractivity contribution is 5.43. The Kier molecular flexibility index (Phi) is 4.59. The van der Waals surface area contributed by atoms with Gasteiger partial charge in [0.2, 0.25) is 0 Å². The summed E-state index contributed by atoms with van der Waals surface area (Å²) in [5.41, 5.74) is 7.14. The highest BCUT2D eigenvalue weighted by Crippen LogP contribution is 2.27. The van der Waals surface area contributed by atoms with Crippen molar-refractivity contribution >= 4 is 5.82 Å². The lowest BCUT2D eigenvalue weighted by atomic mass is 9.98. The molecule has 1 unspecified atom stereocenters. The number of pyridine rings is 1. The van der Waals surface area contributed by atoms with E-state index >= 15 is 0 Å². The molecule has 0 amide bonds. The van der Waals surface area contributed by atoms with Gasteiger partial charge in [0, 0.05) is 24.8 Å². The maximum Gasteiger partial charge on any atom is 0.129 e. The van der Waals surface area contributed by atoms with Crippen LogP contribution in [-0.2, 0) is 0 Å². The molecular formula is C15H25N3. The van der Waals surface area contributed by atoms with E-state index in [0.29, 0.717) is 6.04 Å². The van der Waals surface area contributed by atoms with Crippen LogP contribution in [0.3, 0.4) is 0 Å². The van der Waals surface area contributed by atoms with Crippen molar-refractivity contribution in [1.29, 1.82) is 0 Å². The van der Waals surface area contributed by atoms with Crippen LogP contribution in [0, 0.1) is 0 Å². The molecule has 2 atom stereocenters. The summed E-state index contributed by atoms with van der Waals surface area (Å²) >= 11 is 0. The van der Waals surface area contributed by atoms with Crippen molar-refractivity contribution in [1.82, 2.24) is 4.98 Å². The van der Waals surface area contributed by atoms with Crippen molar-refractivity contribution < 1.29 is 0 Å². The molecule has 1 fully saturated rings. The summed E-state index contributed by atoms with van der Waals surface area (Å²) in [6, 6.07) is 4.94. The first-order chi connectivity index (χ1) is 8.72. The number of nitrogens with zero attached hydrogens (tertiary/aromatic N) is 2. The van der Waals surface area contributed by atoms with Gasteiger partial charge in [0.15, 0.2) is 0 Å². The molecule has 3 heteroatoms. The van der Waals surface area contributed by atoms with Gasteiger partial charge in [-0.25, -0.2) is 4.98 Å². The average molecular weight is 247 g/mol. The van der Waals surface area contributed by atoms with E-state index in [1.807, 2.05) is 19.2 Å². The molecule has 2 rings (SSSR count). The number of anilines is 1. The van der Waals surface area contributed by atoms with E-state index in [2.05, 4.69) is 22.9 Å². The second-order valence-electron chi connectivity index (χ2n) is 5.37. The molecule has 18 heavy (non-hydrogen) atoms. The summed E-state index contributed by atoms with van der Waals surface area (Å²) in [5, 5.41) is 0. The molecule has 2 N–H and O–H groups in total. The van der Waals surface area contributed by atoms with Gasteiger partial charge in [0.1, 0.15) is 5.82 Å². The minimum Gasteiger partial charge on any atom is -0.354 e. The Morgan fingerprint density at radius 2 is 2.33 bits per heavy atom. The molecule has 0 aromatic carbocycles. The van der Waals surface area contributed by atoms with Gasteiger partial charge in [-0.15, -0.1) is 0 Å². The second-order valence-corrected chi connectivity index (χ2v) is 5.37. The Hall–Kier alpha value is -1.09. The quantitative estimate of drug-likeness (QED) is 0.888. The molecular weight excluding hydrogens is 222 g/mol. The summed E-state index contributed by atoms with van der Waals surface area (Å²) in [6.07, 6.45) is 8.35. The molecule has 3 nitrogen and oxygen atoms in total. The van der Waals surface area contributed by atoms with Crippen molar-refractivity contribution in [3.05, 3.63) is 23.9 Å². The number of hydrogen-bond acceptors (Lipinski definition) is 3. The third kappa shape index (κ3) is 3.02. The van der Waals surface area contributed by atoms with Gasteiger partial charge in [-0.1, -0.05) is 13.3 Å². The van der Waals surface area contributed by atoms with E-state index in [1.54, 1.807) is 0 Å². The lowest BCUT2D eigenvalue weighted by molar-refractivity contribution is 0.431. The molecule has 2 heterocycles. The Bertz CT molecular complexity index is 374. The molecule has 1 aromatic rings. The van der Waals surface area contributed by atoms with E-state index in [1.165, 1.54) is 37.7 Å². The number of aromatic nitrogens is 1. The number of nitrogens with two attached hydrogens (primary N) is 1. The fraction of sp³-hybridized carbons (Fsp3) is 0.667. The van der Waals surface area contributed by atoms with Gasteiger partial charge in [-0.05, 0) is 50.3 Å². The van der Waals surface area contributed by atoms with Crippen LogP contribution in [0.15, 0.2) is 18.3 Å². The van der Waals surface area contributed by atoms with Crippen LogP contribution in [0.1, 0.15) is 57.6 Å². The van der Waals surface area contributed by atoms with Crippen LogP contribution in [-0.4, -0.2) is 17.6 Å². The topological polar surface area (TPSA) is 42.1 Å². The Labute approximate surface area is 110 Å². The van der Waals surface area contributed by atoms with Gasteiger partial charge >= 0.3 is 0 Å². The molecule has 0 spiro atoms. The highest BCUT2D eigenvalue weighted by atomic mass is 15.2. The molecule has 1 aliphatic heterocycles. The summed E-state index contributed by atoms with van der Waals surface area (Å²) in [6.45, 7) is 5.43. The molecule has 0 bridgehead atoms. The lowest BCUT2D eigenvalue weighted by Gasteiger charge is -2.37. The van der Waals surface area contributed by atoms with Crippen molar-refractivity contribution in [3.8, 4) is 0 Å². The molecule has 1 saturated heterocycles. The largest absolute Gasteiger partial charge is 0.354 e. The number of hydrogen-bond donors (Lipinski definition) is 1. The Morgan fingerprint density at radius 1 is 1.50 bits per heavy atom. The zero-order valence-electron chi connectivity index (χ0n) is 11.6. The van der Waals surface area contributed by atoms with Crippen molar-refractivity contribution in [2.24, 2.45) is 5.73 Å². The predicted octanol–water partition coefficient (Wildman–Crippen LogP) is 3.26. The van der Waals surface area contributed by atoms with E-state index in [9.17, 15) is 0 Å². The maximum absolute atomic E-state index is 5.96. The van der Waals surface area contributed by atoms with Gasteiger partial charge in [-0.2, -0.15) is 0 Å². The van der Waals surface area contributed by atoms with Crippen molar-refractivity contribution in [3.63, 3.8) is 0 Å². The molecule has 1 aliphatic rings. The van der Waals surface area contributed by atoms with Crippen molar-refractivity contribution in [2.45, 2.75) is 58.0 Å². The van der Waals surface area contributed by atoms with Crippen LogP contribution in [0.4, 0.5) is 5.82 Å². The Balaban J connectivity index is 2.19. The zero-order chi connectivity index (χ0) is 13.0. The smallest absolute Gasteiger partial charge is 0.129 e. The highest BCUT2D eigenvalue weighted by Gasteiger charge is 2.22. The van der Waals surface area contributed by atoms with Crippen LogP contribution in [0.5, 0.6) is 0 Å². The van der Waals surface area contributed by atoms with Gasteiger partial charge < -0.3 is 10.6 Å². The van der Waals surface area contributed by atoms with Gasteiger partial charge in [-0.3, -0.25) is 0 Å². The normalized spacial score (nSPS) is 21.9. The molecule has 0 saturated carbocycles. The van der Waals surface area contributed by atoms with Crippen molar-refractivity contribution in [2.75, 3.05) is 11.4 Å². The number of rotatable bonds is 4. The van der Waals surface area contributed by atoms with Crippen LogP contribution in [0.2, 0.25) is 0 Å². The molecule has 0 radical (unpaired) electrons. The average Bonchev–Trinajstić information content (AvgIpc) is 2.40. The van der Waals surface area contributed by atoms with E-state index in [4.69, 9.17) is 5.73 Å². The van der Waals surface area contributed by atoms with E-state index < -0.39 is 0 Å². The molecule has 1 aromatic heterocycles. The predicted molar refractivity (Wildman–Crippen MR) is 76.7 cm³/mol.